The van der Waals surface area contributed by atoms with E-state index in [9.17, 15) is 8.78 Å². The normalized spacial score (nSPS) is 19.4. The summed E-state index contributed by atoms with van der Waals surface area (Å²) in [6, 6.07) is 23.0. The molecular formula is C32H36F2. The van der Waals surface area contributed by atoms with Gasteiger partial charge in [0.15, 0.2) is 0 Å². The van der Waals surface area contributed by atoms with Crippen molar-refractivity contribution in [3.63, 3.8) is 0 Å². The highest BCUT2D eigenvalue weighted by Crippen LogP contribution is 2.41. The second-order valence-corrected chi connectivity index (χ2v) is 9.88. The number of allylic oxidation sites excluding steroid dienone is 2. The third kappa shape index (κ3) is 6.03. The molecule has 178 valence electrons. The highest BCUT2D eigenvalue weighted by atomic mass is 19.1. The van der Waals surface area contributed by atoms with E-state index >= 15 is 0 Å². The van der Waals surface area contributed by atoms with Gasteiger partial charge in [0.05, 0.1) is 0 Å². The van der Waals surface area contributed by atoms with Crippen LogP contribution >= 0.6 is 0 Å². The minimum Gasteiger partial charge on any atom is -0.207 e. The summed E-state index contributed by atoms with van der Waals surface area (Å²) in [7, 11) is 0. The maximum Gasteiger partial charge on any atom is 0.129 e. The predicted octanol–water partition coefficient (Wildman–Crippen LogP) is 9.26. The Balaban J connectivity index is 1.34. The highest BCUT2D eigenvalue weighted by molar-refractivity contribution is 5.31. The van der Waals surface area contributed by atoms with Crippen molar-refractivity contribution >= 4 is 0 Å². The number of hydrogen-bond acceptors (Lipinski definition) is 0. The van der Waals surface area contributed by atoms with Gasteiger partial charge in [-0.3, -0.25) is 0 Å². The third-order valence-electron chi connectivity index (χ3n) is 7.52. The highest BCUT2D eigenvalue weighted by Gasteiger charge is 2.25. The number of benzene rings is 3. The van der Waals surface area contributed by atoms with Crippen molar-refractivity contribution in [2.75, 3.05) is 0 Å². The Bertz CT molecular complexity index is 1050. The number of hydrogen-bond donors (Lipinski definition) is 0. The standard InChI is InChI=1S/C32H36F2/c1-3-4-6-11-30-31(33)21-29(22-32(30)34)28-18-16-27(17-19-28)26-14-12-24(13-15-26)20-23(2)25-9-7-5-8-10-25/h3-5,7-10,12-15,21-23,27-28H,6,11,16-20H2,1-2H3/t23-,27?,28?/m1/s1. The first-order valence-electron chi connectivity index (χ1n) is 12.8. The van der Waals surface area contributed by atoms with E-state index in [1.165, 1.54) is 16.7 Å². The Labute approximate surface area is 203 Å². The summed E-state index contributed by atoms with van der Waals surface area (Å²) in [5.74, 6) is 0.504. The molecule has 0 aliphatic heterocycles. The van der Waals surface area contributed by atoms with Crippen molar-refractivity contribution in [2.45, 2.75) is 76.5 Å². The van der Waals surface area contributed by atoms with E-state index in [1.54, 1.807) is 12.1 Å². The summed E-state index contributed by atoms with van der Waals surface area (Å²) < 4.78 is 29.2. The maximum atomic E-state index is 14.6. The monoisotopic (exact) mass is 458 g/mol. The van der Waals surface area contributed by atoms with Gasteiger partial charge in [-0.15, -0.1) is 0 Å². The van der Waals surface area contributed by atoms with E-state index in [0.29, 0.717) is 24.7 Å². The zero-order valence-electron chi connectivity index (χ0n) is 20.4. The van der Waals surface area contributed by atoms with Crippen molar-refractivity contribution in [2.24, 2.45) is 0 Å². The summed E-state index contributed by atoms with van der Waals surface area (Å²) >= 11 is 0. The van der Waals surface area contributed by atoms with Crippen LogP contribution < -0.4 is 0 Å². The fourth-order valence-corrected chi connectivity index (χ4v) is 5.43. The van der Waals surface area contributed by atoms with Crippen LogP contribution in [0.3, 0.4) is 0 Å². The fraction of sp³-hybridized carbons (Fsp3) is 0.375. The van der Waals surface area contributed by atoms with Crippen molar-refractivity contribution in [1.29, 1.82) is 0 Å². The molecule has 0 radical (unpaired) electrons. The van der Waals surface area contributed by atoms with Crippen LogP contribution in [0.25, 0.3) is 0 Å². The first kappa shape index (κ1) is 24.4. The van der Waals surface area contributed by atoms with Crippen molar-refractivity contribution in [3.8, 4) is 0 Å². The van der Waals surface area contributed by atoms with Gasteiger partial charge in [0, 0.05) is 5.56 Å². The molecule has 1 aliphatic rings. The molecular weight excluding hydrogens is 422 g/mol. The van der Waals surface area contributed by atoms with Gasteiger partial charge < -0.3 is 0 Å². The van der Waals surface area contributed by atoms with E-state index in [0.717, 1.165) is 37.7 Å². The molecule has 1 fully saturated rings. The Morgan fingerprint density at radius 1 is 0.824 bits per heavy atom. The van der Waals surface area contributed by atoms with Crippen LogP contribution in [-0.4, -0.2) is 0 Å². The van der Waals surface area contributed by atoms with E-state index in [2.05, 4.69) is 61.5 Å². The lowest BCUT2D eigenvalue weighted by atomic mass is 9.76. The molecule has 34 heavy (non-hydrogen) atoms. The van der Waals surface area contributed by atoms with Gasteiger partial charge in [-0.2, -0.15) is 0 Å². The average molecular weight is 459 g/mol. The van der Waals surface area contributed by atoms with Crippen LogP contribution in [-0.2, 0) is 12.8 Å². The van der Waals surface area contributed by atoms with Gasteiger partial charge in [0.1, 0.15) is 11.6 Å². The molecule has 0 bridgehead atoms. The molecule has 3 aromatic rings. The zero-order chi connectivity index (χ0) is 23.9. The van der Waals surface area contributed by atoms with Crippen LogP contribution in [0.1, 0.15) is 91.5 Å². The molecule has 4 rings (SSSR count). The summed E-state index contributed by atoms with van der Waals surface area (Å²) in [6.45, 7) is 4.21. The predicted molar refractivity (Wildman–Crippen MR) is 138 cm³/mol. The second kappa shape index (κ2) is 11.6. The van der Waals surface area contributed by atoms with Crippen LogP contribution in [0, 0.1) is 11.6 Å². The number of halogens is 2. The molecule has 0 N–H and O–H groups in total. The van der Waals surface area contributed by atoms with Crippen molar-refractivity contribution in [3.05, 3.63) is 118 Å². The van der Waals surface area contributed by atoms with E-state index in [1.807, 2.05) is 19.1 Å². The fourth-order valence-electron chi connectivity index (χ4n) is 5.43. The molecule has 0 aromatic heterocycles. The Morgan fingerprint density at radius 2 is 1.41 bits per heavy atom. The first-order valence-corrected chi connectivity index (χ1v) is 12.8. The van der Waals surface area contributed by atoms with Crippen LogP contribution in [0.2, 0.25) is 0 Å². The van der Waals surface area contributed by atoms with Crippen molar-refractivity contribution < 1.29 is 8.78 Å². The van der Waals surface area contributed by atoms with E-state index < -0.39 is 0 Å². The summed E-state index contributed by atoms with van der Waals surface area (Å²) in [6.07, 6.45) is 10.1. The molecule has 2 heteroatoms. The third-order valence-corrected chi connectivity index (χ3v) is 7.52. The first-order chi connectivity index (χ1) is 16.5. The Hall–Kier alpha value is -2.74. The quantitative estimate of drug-likeness (QED) is 0.295. The molecule has 3 aromatic carbocycles. The molecule has 1 aliphatic carbocycles. The zero-order valence-corrected chi connectivity index (χ0v) is 20.4. The topological polar surface area (TPSA) is 0 Å². The van der Waals surface area contributed by atoms with Crippen LogP contribution in [0.5, 0.6) is 0 Å². The van der Waals surface area contributed by atoms with Gasteiger partial charge >= 0.3 is 0 Å². The van der Waals surface area contributed by atoms with Gasteiger partial charge in [-0.1, -0.05) is 73.7 Å². The molecule has 0 spiro atoms. The summed E-state index contributed by atoms with van der Waals surface area (Å²) in [5, 5.41) is 0. The number of rotatable bonds is 8. The minimum atomic E-state index is -0.387. The molecule has 1 saturated carbocycles. The van der Waals surface area contributed by atoms with Gasteiger partial charge in [-0.25, -0.2) is 8.78 Å². The molecule has 0 nitrogen and oxygen atoms in total. The van der Waals surface area contributed by atoms with E-state index in [-0.39, 0.29) is 23.1 Å². The molecule has 0 unspecified atom stereocenters. The van der Waals surface area contributed by atoms with Gasteiger partial charge in [0.2, 0.25) is 0 Å². The summed E-state index contributed by atoms with van der Waals surface area (Å²) in [5.41, 5.74) is 5.19. The maximum absolute atomic E-state index is 14.6. The Kier molecular flexibility index (Phi) is 8.32. The second-order valence-electron chi connectivity index (χ2n) is 9.88. The average Bonchev–Trinajstić information content (AvgIpc) is 2.87. The van der Waals surface area contributed by atoms with E-state index in [4.69, 9.17) is 0 Å². The molecule has 0 heterocycles. The van der Waals surface area contributed by atoms with Crippen LogP contribution in [0.4, 0.5) is 8.78 Å². The Morgan fingerprint density at radius 3 is 2.00 bits per heavy atom. The largest absolute Gasteiger partial charge is 0.207 e. The van der Waals surface area contributed by atoms with Crippen molar-refractivity contribution in [1.82, 2.24) is 0 Å². The molecule has 0 amide bonds. The lowest BCUT2D eigenvalue weighted by Crippen LogP contribution is -2.13. The summed E-state index contributed by atoms with van der Waals surface area (Å²) in [4.78, 5) is 0. The SMILES string of the molecule is CC=CCCc1c(F)cc(C2CCC(c3ccc(C[C@@H](C)c4ccccc4)cc3)CC2)cc1F. The van der Waals surface area contributed by atoms with Crippen LogP contribution in [0.15, 0.2) is 78.9 Å². The minimum absolute atomic E-state index is 0.220. The van der Waals surface area contributed by atoms with Gasteiger partial charge in [0.25, 0.3) is 0 Å². The lowest BCUT2D eigenvalue weighted by Gasteiger charge is -2.29. The molecule has 0 saturated heterocycles. The lowest BCUT2D eigenvalue weighted by molar-refractivity contribution is 0.393. The smallest absolute Gasteiger partial charge is 0.129 e. The van der Waals surface area contributed by atoms with Gasteiger partial charge in [-0.05, 0) is 104 Å². The molecule has 1 atom stereocenters.